The number of thioether (sulfide) groups is 1. The number of benzene rings is 2. The molecule has 0 bridgehead atoms. The van der Waals surface area contributed by atoms with Gasteiger partial charge in [0.1, 0.15) is 0 Å². The molecule has 25 heavy (non-hydrogen) atoms. The molecule has 1 heterocycles. The fraction of sp³-hybridized carbons (Fsp3) is 0.368. The molecule has 1 N–H and O–H groups in total. The normalized spacial score (nSPS) is 14.8. The molecular formula is C19H22ClNO2S2. The van der Waals surface area contributed by atoms with Crippen molar-refractivity contribution in [2.45, 2.75) is 29.2 Å². The minimum Gasteiger partial charge on any atom is -0.316 e. The van der Waals surface area contributed by atoms with Crippen molar-refractivity contribution in [3.05, 3.63) is 63.7 Å². The van der Waals surface area contributed by atoms with Crippen LogP contribution in [0.25, 0.3) is 0 Å². The summed E-state index contributed by atoms with van der Waals surface area (Å²) in [4.78, 5) is 1.18. The molecular weight excluding hydrogens is 374 g/mol. The Morgan fingerprint density at radius 3 is 2.44 bits per heavy atom. The highest BCUT2D eigenvalue weighted by molar-refractivity contribution is 7.98. The van der Waals surface area contributed by atoms with Crippen molar-refractivity contribution in [1.82, 2.24) is 5.32 Å². The van der Waals surface area contributed by atoms with Gasteiger partial charge in [-0.15, -0.1) is 11.8 Å². The maximum absolute atomic E-state index is 11.4. The van der Waals surface area contributed by atoms with E-state index in [1.54, 1.807) is 11.8 Å². The topological polar surface area (TPSA) is 46.2 Å². The molecule has 1 aliphatic rings. The summed E-state index contributed by atoms with van der Waals surface area (Å²) in [7, 11) is -2.99. The molecule has 0 amide bonds. The summed E-state index contributed by atoms with van der Waals surface area (Å²) in [6.07, 6.45) is 3.31. The van der Waals surface area contributed by atoms with E-state index in [0.717, 1.165) is 42.3 Å². The summed E-state index contributed by atoms with van der Waals surface area (Å²) < 4.78 is 22.7. The van der Waals surface area contributed by atoms with E-state index >= 15 is 0 Å². The maximum atomic E-state index is 11.4. The van der Waals surface area contributed by atoms with Crippen molar-refractivity contribution < 1.29 is 8.42 Å². The summed E-state index contributed by atoms with van der Waals surface area (Å²) in [6.45, 7) is 2.00. The van der Waals surface area contributed by atoms with Gasteiger partial charge < -0.3 is 5.32 Å². The Kier molecular flexibility index (Phi) is 6.10. The lowest BCUT2D eigenvalue weighted by Crippen LogP contribution is -2.16. The van der Waals surface area contributed by atoms with Gasteiger partial charge >= 0.3 is 0 Å². The molecule has 0 fully saturated rings. The van der Waals surface area contributed by atoms with Crippen molar-refractivity contribution in [3.8, 4) is 0 Å². The third-order valence-electron chi connectivity index (χ3n) is 4.27. The van der Waals surface area contributed by atoms with Crippen LogP contribution in [0.15, 0.2) is 41.3 Å². The third kappa shape index (κ3) is 5.23. The van der Waals surface area contributed by atoms with Crippen LogP contribution >= 0.6 is 23.4 Å². The largest absolute Gasteiger partial charge is 0.316 e. The Labute approximate surface area is 159 Å². The van der Waals surface area contributed by atoms with Gasteiger partial charge in [0.25, 0.3) is 0 Å². The van der Waals surface area contributed by atoms with Crippen LogP contribution in [0.1, 0.15) is 22.3 Å². The zero-order valence-electron chi connectivity index (χ0n) is 14.2. The van der Waals surface area contributed by atoms with Crippen LogP contribution in [0.5, 0.6) is 0 Å². The van der Waals surface area contributed by atoms with E-state index in [9.17, 15) is 8.42 Å². The Balaban J connectivity index is 1.73. The number of hydrogen-bond donors (Lipinski definition) is 1. The molecule has 2 aromatic rings. The molecule has 3 nitrogen and oxygen atoms in total. The molecule has 1 aliphatic heterocycles. The number of nitrogens with one attached hydrogen (secondary N) is 1. The fourth-order valence-corrected chi connectivity index (χ4v) is 5.31. The average molecular weight is 396 g/mol. The number of hydrogen-bond acceptors (Lipinski definition) is 4. The summed E-state index contributed by atoms with van der Waals surface area (Å²) >= 11 is 8.24. The highest BCUT2D eigenvalue weighted by Crippen LogP contribution is 2.36. The van der Waals surface area contributed by atoms with Crippen LogP contribution in [0.2, 0.25) is 5.02 Å². The summed E-state index contributed by atoms with van der Waals surface area (Å²) in [5.74, 6) is 0.911. The Morgan fingerprint density at radius 1 is 1.04 bits per heavy atom. The van der Waals surface area contributed by atoms with E-state index in [2.05, 4.69) is 11.4 Å². The number of rotatable bonds is 5. The fourth-order valence-electron chi connectivity index (χ4n) is 3.06. The van der Waals surface area contributed by atoms with Gasteiger partial charge in [0.05, 0.1) is 10.8 Å². The molecule has 3 rings (SSSR count). The van der Waals surface area contributed by atoms with Gasteiger partial charge in [-0.05, 0) is 54.3 Å². The molecule has 0 radical (unpaired) electrons. The number of halogens is 1. The third-order valence-corrected chi connectivity index (χ3v) is 6.78. The van der Waals surface area contributed by atoms with Gasteiger partial charge in [-0.2, -0.15) is 0 Å². The average Bonchev–Trinajstić information content (AvgIpc) is 2.79. The molecule has 2 aromatic carbocycles. The monoisotopic (exact) mass is 395 g/mol. The minimum absolute atomic E-state index is 0.0887. The molecule has 0 atom stereocenters. The molecule has 0 saturated heterocycles. The van der Waals surface area contributed by atoms with Crippen LogP contribution in [-0.2, 0) is 34.2 Å². The van der Waals surface area contributed by atoms with Gasteiger partial charge in [0.15, 0.2) is 9.84 Å². The van der Waals surface area contributed by atoms with E-state index in [-0.39, 0.29) is 5.75 Å². The lowest BCUT2D eigenvalue weighted by Gasteiger charge is -2.14. The number of fused-ring (bicyclic) bond motifs is 1. The highest BCUT2D eigenvalue weighted by atomic mass is 35.5. The zero-order chi connectivity index (χ0) is 17.9. The Morgan fingerprint density at radius 2 is 1.72 bits per heavy atom. The highest BCUT2D eigenvalue weighted by Gasteiger charge is 2.15. The Bertz CT molecular complexity index is 848. The van der Waals surface area contributed by atoms with Crippen LogP contribution in [0.3, 0.4) is 0 Å². The molecule has 134 valence electrons. The lowest BCUT2D eigenvalue weighted by molar-refractivity contribution is 0.601. The van der Waals surface area contributed by atoms with Gasteiger partial charge in [-0.3, -0.25) is 0 Å². The summed E-state index contributed by atoms with van der Waals surface area (Å²) in [5.41, 5.74) is 4.76. The standard InChI is InChI=1S/C19H22ClNO2S2/c1-25(22,23)13-15-4-2-14(3-5-15)12-24-19-17-9-11-21-10-8-16(17)6-7-18(19)20/h2-7,21H,8-13H2,1H3. The number of sulfone groups is 1. The van der Waals surface area contributed by atoms with Crippen LogP contribution in [0.4, 0.5) is 0 Å². The van der Waals surface area contributed by atoms with E-state index in [1.807, 2.05) is 30.3 Å². The molecule has 0 saturated carbocycles. The van der Waals surface area contributed by atoms with Crippen LogP contribution < -0.4 is 5.32 Å². The van der Waals surface area contributed by atoms with E-state index in [4.69, 9.17) is 11.6 Å². The van der Waals surface area contributed by atoms with Crippen LogP contribution in [-0.4, -0.2) is 27.8 Å². The van der Waals surface area contributed by atoms with Crippen molar-refractivity contribution in [3.63, 3.8) is 0 Å². The Hall–Kier alpha value is -1.01. The van der Waals surface area contributed by atoms with Crippen molar-refractivity contribution in [2.75, 3.05) is 19.3 Å². The molecule has 0 spiro atoms. The molecule has 0 aliphatic carbocycles. The van der Waals surface area contributed by atoms with Crippen LogP contribution in [0, 0.1) is 0 Å². The minimum atomic E-state index is -2.99. The van der Waals surface area contributed by atoms with Gasteiger partial charge in [-0.1, -0.05) is 41.9 Å². The first-order valence-electron chi connectivity index (χ1n) is 8.32. The smallest absolute Gasteiger partial charge is 0.151 e. The lowest BCUT2D eigenvalue weighted by atomic mass is 10.0. The summed E-state index contributed by atoms with van der Waals surface area (Å²) in [6, 6.07) is 12.0. The van der Waals surface area contributed by atoms with Crippen molar-refractivity contribution >= 4 is 33.2 Å². The first-order chi connectivity index (χ1) is 11.9. The second kappa shape index (κ2) is 8.12. The zero-order valence-corrected chi connectivity index (χ0v) is 16.6. The van der Waals surface area contributed by atoms with Gasteiger partial charge in [0.2, 0.25) is 0 Å². The van der Waals surface area contributed by atoms with Crippen molar-refractivity contribution in [1.29, 1.82) is 0 Å². The molecule has 0 aromatic heterocycles. The quantitative estimate of drug-likeness (QED) is 0.781. The second-order valence-corrected chi connectivity index (χ2v) is 9.97. The SMILES string of the molecule is CS(=O)(=O)Cc1ccc(CSc2c(Cl)ccc3c2CCNCC3)cc1. The first-order valence-corrected chi connectivity index (χ1v) is 11.7. The van der Waals surface area contributed by atoms with Gasteiger partial charge in [0, 0.05) is 16.9 Å². The molecule has 6 heteroatoms. The van der Waals surface area contributed by atoms with E-state index in [1.165, 1.54) is 27.8 Å². The van der Waals surface area contributed by atoms with Gasteiger partial charge in [-0.25, -0.2) is 8.42 Å². The second-order valence-electron chi connectivity index (χ2n) is 6.44. The summed E-state index contributed by atoms with van der Waals surface area (Å²) in [5, 5.41) is 4.26. The predicted octanol–water partition coefficient (Wildman–Crippen LogP) is 3.87. The van der Waals surface area contributed by atoms with E-state index in [0.29, 0.717) is 0 Å². The van der Waals surface area contributed by atoms with Crippen molar-refractivity contribution in [2.24, 2.45) is 0 Å². The molecule has 0 unspecified atom stereocenters. The first kappa shape index (κ1) is 18.8. The maximum Gasteiger partial charge on any atom is 0.151 e. The predicted molar refractivity (Wildman–Crippen MR) is 106 cm³/mol. The van der Waals surface area contributed by atoms with E-state index < -0.39 is 9.84 Å².